The van der Waals surface area contributed by atoms with Crippen LogP contribution < -0.4 is 11.1 Å². The number of nitrogens with two attached hydrogens (primary N) is 1. The van der Waals surface area contributed by atoms with E-state index in [1.165, 1.54) is 12.3 Å². The lowest BCUT2D eigenvalue weighted by molar-refractivity contribution is -0.137. The third kappa shape index (κ3) is 2.93. The van der Waals surface area contributed by atoms with E-state index >= 15 is 0 Å². The molecule has 0 amide bonds. The van der Waals surface area contributed by atoms with Gasteiger partial charge in [0.25, 0.3) is 0 Å². The molecule has 0 fully saturated rings. The van der Waals surface area contributed by atoms with Gasteiger partial charge in [-0.15, -0.1) is 0 Å². The lowest BCUT2D eigenvalue weighted by Crippen LogP contribution is -2.07. The highest BCUT2D eigenvalue weighted by Gasteiger charge is 2.31. The maximum Gasteiger partial charge on any atom is 0.416 e. The molecule has 3 N–H and O–H groups in total. The minimum absolute atomic E-state index is 0.0979. The lowest BCUT2D eigenvalue weighted by atomic mass is 10.2. The minimum atomic E-state index is -4.54. The summed E-state index contributed by atoms with van der Waals surface area (Å²) in [7, 11) is 0. The second-order valence-corrected chi connectivity index (χ2v) is 3.76. The normalized spacial score (nSPS) is 11.4. The van der Waals surface area contributed by atoms with Gasteiger partial charge in [-0.05, 0) is 30.3 Å². The molecule has 0 radical (unpaired) electrons. The summed E-state index contributed by atoms with van der Waals surface area (Å²) in [5.74, 6) is -0.723. The highest BCUT2D eigenvalue weighted by atomic mass is 19.4. The molecule has 0 aliphatic carbocycles. The predicted octanol–water partition coefficient (Wildman–Crippen LogP) is 3.57. The van der Waals surface area contributed by atoms with Crippen molar-refractivity contribution in [3.8, 4) is 0 Å². The number of rotatable bonds is 2. The van der Waals surface area contributed by atoms with E-state index in [2.05, 4.69) is 10.3 Å². The zero-order valence-electron chi connectivity index (χ0n) is 9.50. The Morgan fingerprint density at radius 3 is 2.53 bits per heavy atom. The van der Waals surface area contributed by atoms with Crippen molar-refractivity contribution >= 4 is 17.2 Å². The number of pyridine rings is 1. The van der Waals surface area contributed by atoms with Crippen molar-refractivity contribution < 1.29 is 17.6 Å². The van der Waals surface area contributed by atoms with Crippen molar-refractivity contribution in [1.82, 2.24) is 4.98 Å². The smallest absolute Gasteiger partial charge is 0.396 e. The number of halogens is 4. The van der Waals surface area contributed by atoms with Crippen LogP contribution >= 0.6 is 0 Å². The Morgan fingerprint density at radius 1 is 1.16 bits per heavy atom. The maximum atomic E-state index is 13.5. The number of aromatic nitrogens is 1. The standard InChI is InChI=1S/C12H9F4N3/c13-8-4-3-7(12(14,15)16)6-10(8)19-11-9(17)2-1-5-18-11/h1-6H,17H2,(H,18,19). The van der Waals surface area contributed by atoms with Crippen molar-refractivity contribution in [1.29, 1.82) is 0 Å². The van der Waals surface area contributed by atoms with E-state index in [9.17, 15) is 17.6 Å². The molecule has 7 heteroatoms. The number of hydrogen-bond donors (Lipinski definition) is 2. The van der Waals surface area contributed by atoms with Crippen LogP contribution in [0.1, 0.15) is 5.56 Å². The molecule has 0 aliphatic rings. The van der Waals surface area contributed by atoms with Gasteiger partial charge in [0.05, 0.1) is 16.9 Å². The Morgan fingerprint density at radius 2 is 1.89 bits per heavy atom. The molecule has 0 saturated heterocycles. The van der Waals surface area contributed by atoms with Gasteiger partial charge in [-0.2, -0.15) is 13.2 Å². The molecular formula is C12H9F4N3. The van der Waals surface area contributed by atoms with Crippen LogP contribution in [0.5, 0.6) is 0 Å². The third-order valence-electron chi connectivity index (χ3n) is 2.39. The zero-order valence-corrected chi connectivity index (χ0v) is 9.50. The second kappa shape index (κ2) is 4.75. The Bertz CT molecular complexity index is 596. The fourth-order valence-corrected chi connectivity index (χ4v) is 1.45. The van der Waals surface area contributed by atoms with E-state index in [0.717, 1.165) is 6.07 Å². The second-order valence-electron chi connectivity index (χ2n) is 3.76. The van der Waals surface area contributed by atoms with Crippen molar-refractivity contribution in [3.63, 3.8) is 0 Å². The summed E-state index contributed by atoms with van der Waals surface area (Å²) < 4.78 is 51.1. The quantitative estimate of drug-likeness (QED) is 0.821. The monoisotopic (exact) mass is 271 g/mol. The van der Waals surface area contributed by atoms with Crippen LogP contribution in [0.4, 0.5) is 34.8 Å². The molecule has 0 unspecified atom stereocenters. The Hall–Kier alpha value is -2.31. The van der Waals surface area contributed by atoms with Crippen LogP contribution in [0, 0.1) is 5.82 Å². The molecule has 2 rings (SSSR count). The molecule has 2 aromatic rings. The average Bonchev–Trinajstić information content (AvgIpc) is 2.33. The van der Waals surface area contributed by atoms with Crippen molar-refractivity contribution in [2.24, 2.45) is 0 Å². The van der Waals surface area contributed by atoms with E-state index < -0.39 is 17.6 Å². The van der Waals surface area contributed by atoms with Crippen molar-refractivity contribution in [2.75, 3.05) is 11.1 Å². The first-order valence-electron chi connectivity index (χ1n) is 5.22. The van der Waals surface area contributed by atoms with Gasteiger partial charge in [0.15, 0.2) is 5.82 Å². The van der Waals surface area contributed by atoms with Gasteiger partial charge < -0.3 is 11.1 Å². The number of hydrogen-bond acceptors (Lipinski definition) is 3. The van der Waals surface area contributed by atoms with Gasteiger partial charge in [-0.3, -0.25) is 0 Å². The van der Waals surface area contributed by atoms with Crippen molar-refractivity contribution in [2.45, 2.75) is 6.18 Å². The summed E-state index contributed by atoms with van der Waals surface area (Å²) in [6, 6.07) is 5.14. The number of anilines is 3. The molecule has 3 nitrogen and oxygen atoms in total. The van der Waals surface area contributed by atoms with E-state index in [1.54, 1.807) is 6.07 Å². The minimum Gasteiger partial charge on any atom is -0.396 e. The van der Waals surface area contributed by atoms with Gasteiger partial charge in [0, 0.05) is 6.20 Å². The molecule has 0 atom stereocenters. The number of alkyl halides is 3. The number of benzene rings is 1. The lowest BCUT2D eigenvalue weighted by Gasteiger charge is -2.12. The first kappa shape index (κ1) is 13.1. The van der Waals surface area contributed by atoms with E-state index in [-0.39, 0.29) is 17.2 Å². The predicted molar refractivity (Wildman–Crippen MR) is 63.3 cm³/mol. The third-order valence-corrected chi connectivity index (χ3v) is 2.39. The summed E-state index contributed by atoms with van der Waals surface area (Å²) in [5.41, 5.74) is 4.49. The summed E-state index contributed by atoms with van der Waals surface area (Å²) >= 11 is 0. The summed E-state index contributed by atoms with van der Waals surface area (Å²) in [4.78, 5) is 3.82. The molecule has 0 bridgehead atoms. The number of nitrogens with zero attached hydrogens (tertiary/aromatic N) is 1. The zero-order chi connectivity index (χ0) is 14.0. The highest BCUT2D eigenvalue weighted by Crippen LogP contribution is 2.33. The van der Waals surface area contributed by atoms with Crippen LogP contribution in [0.3, 0.4) is 0 Å². The topological polar surface area (TPSA) is 50.9 Å². The van der Waals surface area contributed by atoms with Crippen LogP contribution in [0.25, 0.3) is 0 Å². The number of nitrogen functional groups attached to an aromatic ring is 1. The molecule has 1 aromatic carbocycles. The van der Waals surface area contributed by atoms with Gasteiger partial charge in [0.2, 0.25) is 0 Å². The van der Waals surface area contributed by atoms with E-state index in [1.807, 2.05) is 0 Å². The van der Waals surface area contributed by atoms with Gasteiger partial charge in [-0.25, -0.2) is 9.37 Å². The van der Waals surface area contributed by atoms with Crippen LogP contribution in [-0.2, 0) is 6.18 Å². The Labute approximate surface area is 106 Å². The van der Waals surface area contributed by atoms with E-state index in [4.69, 9.17) is 5.73 Å². The van der Waals surface area contributed by atoms with Crippen molar-refractivity contribution in [3.05, 3.63) is 47.9 Å². The van der Waals surface area contributed by atoms with Gasteiger partial charge in [0.1, 0.15) is 5.82 Å². The first-order valence-corrected chi connectivity index (χ1v) is 5.22. The molecule has 0 spiro atoms. The first-order chi connectivity index (χ1) is 8.88. The summed E-state index contributed by atoms with van der Waals surface area (Å²) in [6.07, 6.45) is -3.15. The molecule has 19 heavy (non-hydrogen) atoms. The van der Waals surface area contributed by atoms with Crippen LogP contribution in [0.2, 0.25) is 0 Å². The van der Waals surface area contributed by atoms with E-state index in [0.29, 0.717) is 12.1 Å². The summed E-state index contributed by atoms with van der Waals surface area (Å²) in [6.45, 7) is 0. The number of nitrogens with one attached hydrogen (secondary N) is 1. The molecule has 1 aromatic heterocycles. The summed E-state index contributed by atoms with van der Waals surface area (Å²) in [5, 5.41) is 2.44. The molecular weight excluding hydrogens is 262 g/mol. The molecule has 0 aliphatic heterocycles. The molecule has 0 saturated carbocycles. The Balaban J connectivity index is 2.38. The van der Waals surface area contributed by atoms with Crippen LogP contribution in [-0.4, -0.2) is 4.98 Å². The molecule has 1 heterocycles. The average molecular weight is 271 g/mol. The fraction of sp³-hybridized carbons (Fsp3) is 0.0833. The molecule has 100 valence electrons. The maximum absolute atomic E-state index is 13.5. The van der Waals surface area contributed by atoms with Gasteiger partial charge in [-0.1, -0.05) is 0 Å². The van der Waals surface area contributed by atoms with Gasteiger partial charge >= 0.3 is 6.18 Å². The largest absolute Gasteiger partial charge is 0.416 e. The Kier molecular flexibility index (Phi) is 3.28. The fourth-order valence-electron chi connectivity index (χ4n) is 1.45. The SMILES string of the molecule is Nc1cccnc1Nc1cc(C(F)(F)F)ccc1F. The van der Waals surface area contributed by atoms with Crippen LogP contribution in [0.15, 0.2) is 36.5 Å². The highest BCUT2D eigenvalue weighted by molar-refractivity contribution is 5.68.